The molecule has 1 aliphatic rings. The molecule has 9 heteroatoms. The number of nitrogens with zero attached hydrogens (tertiary/aromatic N) is 1. The number of piperazine rings is 1. The van der Waals surface area contributed by atoms with Gasteiger partial charge in [0.25, 0.3) is 0 Å². The number of hydrogen-bond donors (Lipinski definition) is 1. The Labute approximate surface area is 144 Å². The van der Waals surface area contributed by atoms with Crippen molar-refractivity contribution in [2.45, 2.75) is 12.2 Å². The molecule has 1 aromatic carbocycles. The van der Waals surface area contributed by atoms with Crippen molar-refractivity contribution in [3.05, 3.63) is 34.3 Å². The Morgan fingerprint density at radius 2 is 1.77 bits per heavy atom. The minimum Gasteiger partial charge on any atom is -0.314 e. The predicted molar refractivity (Wildman–Crippen MR) is 84.1 cm³/mol. The van der Waals surface area contributed by atoms with Gasteiger partial charge in [0.15, 0.2) is 0 Å². The van der Waals surface area contributed by atoms with Crippen molar-refractivity contribution in [2.24, 2.45) is 0 Å². The largest absolute Gasteiger partial charge is 0.417 e. The SMILES string of the molecule is Cl.Cl.FC[C@H](c1ccc(Cl)c(C(F)(F)F)c1)N1CCNCC1. The van der Waals surface area contributed by atoms with Gasteiger partial charge < -0.3 is 5.32 Å². The Hall–Kier alpha value is -0.270. The number of benzene rings is 1. The molecular formula is C13H17Cl3F4N2. The van der Waals surface area contributed by atoms with Crippen LogP contribution in [0.2, 0.25) is 5.02 Å². The third-order valence-electron chi connectivity index (χ3n) is 3.42. The van der Waals surface area contributed by atoms with Crippen LogP contribution in [0.4, 0.5) is 17.6 Å². The summed E-state index contributed by atoms with van der Waals surface area (Å²) in [5.41, 5.74) is -0.601. The minimum atomic E-state index is -4.53. The molecule has 0 spiro atoms. The molecule has 1 aromatic rings. The lowest BCUT2D eigenvalue weighted by Gasteiger charge is -2.34. The second-order valence-corrected chi connectivity index (χ2v) is 5.10. The van der Waals surface area contributed by atoms with Crippen molar-refractivity contribution < 1.29 is 17.6 Å². The van der Waals surface area contributed by atoms with Crippen LogP contribution < -0.4 is 5.32 Å². The second-order valence-electron chi connectivity index (χ2n) is 4.69. The first-order valence-electron chi connectivity index (χ1n) is 6.31. The van der Waals surface area contributed by atoms with Gasteiger partial charge in [0.05, 0.1) is 16.6 Å². The van der Waals surface area contributed by atoms with E-state index in [0.29, 0.717) is 31.7 Å². The summed E-state index contributed by atoms with van der Waals surface area (Å²) in [6.45, 7) is 1.91. The molecule has 0 bridgehead atoms. The summed E-state index contributed by atoms with van der Waals surface area (Å²) in [5.74, 6) is 0. The Balaban J connectivity index is 0.00000220. The van der Waals surface area contributed by atoms with E-state index in [9.17, 15) is 17.6 Å². The predicted octanol–water partition coefficient (Wildman–Crippen LogP) is 4.12. The van der Waals surface area contributed by atoms with Gasteiger partial charge in [0.2, 0.25) is 0 Å². The van der Waals surface area contributed by atoms with E-state index < -0.39 is 24.5 Å². The van der Waals surface area contributed by atoms with Crippen LogP contribution in [0.15, 0.2) is 18.2 Å². The fourth-order valence-corrected chi connectivity index (χ4v) is 2.58. The van der Waals surface area contributed by atoms with Gasteiger partial charge in [0.1, 0.15) is 6.67 Å². The van der Waals surface area contributed by atoms with Crippen LogP contribution >= 0.6 is 36.4 Å². The molecule has 1 fully saturated rings. The van der Waals surface area contributed by atoms with E-state index >= 15 is 0 Å². The molecule has 1 N–H and O–H groups in total. The molecule has 2 nitrogen and oxygen atoms in total. The lowest BCUT2D eigenvalue weighted by atomic mass is 10.0. The lowest BCUT2D eigenvalue weighted by molar-refractivity contribution is -0.137. The van der Waals surface area contributed by atoms with Gasteiger partial charge in [-0.1, -0.05) is 17.7 Å². The zero-order chi connectivity index (χ0) is 14.8. The molecule has 2 rings (SSSR count). The summed E-state index contributed by atoms with van der Waals surface area (Å²) in [4.78, 5) is 1.85. The zero-order valence-electron chi connectivity index (χ0n) is 11.5. The Morgan fingerprint density at radius 3 is 2.27 bits per heavy atom. The Morgan fingerprint density at radius 1 is 1.18 bits per heavy atom. The van der Waals surface area contributed by atoms with Crippen LogP contribution in [0.25, 0.3) is 0 Å². The topological polar surface area (TPSA) is 15.3 Å². The van der Waals surface area contributed by atoms with Crippen LogP contribution in [-0.2, 0) is 6.18 Å². The van der Waals surface area contributed by atoms with Crippen LogP contribution in [-0.4, -0.2) is 37.8 Å². The van der Waals surface area contributed by atoms with Crippen molar-refractivity contribution >= 4 is 36.4 Å². The molecule has 0 radical (unpaired) electrons. The Kier molecular flexibility index (Phi) is 9.02. The van der Waals surface area contributed by atoms with Crippen molar-refractivity contribution in [1.29, 1.82) is 0 Å². The van der Waals surface area contributed by atoms with E-state index in [1.807, 2.05) is 4.90 Å². The standard InChI is InChI=1S/C13H15ClF4N2.2ClH/c14-11-2-1-9(7-10(11)13(16,17)18)12(8-15)20-5-3-19-4-6-20;;/h1-2,7,12,19H,3-6,8H2;2*1H/t12-;;/m1../s1. The number of rotatable bonds is 3. The zero-order valence-corrected chi connectivity index (χ0v) is 13.9. The summed E-state index contributed by atoms with van der Waals surface area (Å²) in [7, 11) is 0. The van der Waals surface area contributed by atoms with Gasteiger partial charge in [-0.15, -0.1) is 24.8 Å². The maximum atomic E-state index is 13.3. The first-order valence-corrected chi connectivity index (χ1v) is 6.68. The van der Waals surface area contributed by atoms with Gasteiger partial charge in [-0.25, -0.2) is 4.39 Å². The van der Waals surface area contributed by atoms with Gasteiger partial charge in [-0.05, 0) is 17.7 Å². The highest BCUT2D eigenvalue weighted by atomic mass is 35.5. The first-order chi connectivity index (χ1) is 9.43. The van der Waals surface area contributed by atoms with Crippen molar-refractivity contribution in [3.63, 3.8) is 0 Å². The summed E-state index contributed by atoms with van der Waals surface area (Å²) in [5, 5.41) is 2.76. The van der Waals surface area contributed by atoms with Crippen LogP contribution in [0.1, 0.15) is 17.2 Å². The molecule has 1 atom stereocenters. The minimum absolute atomic E-state index is 0. The quantitative estimate of drug-likeness (QED) is 0.790. The highest BCUT2D eigenvalue weighted by molar-refractivity contribution is 6.31. The third kappa shape index (κ3) is 5.13. The number of alkyl halides is 4. The molecule has 0 aromatic heterocycles. The van der Waals surface area contributed by atoms with Gasteiger partial charge in [0, 0.05) is 26.2 Å². The average Bonchev–Trinajstić information content (AvgIpc) is 2.41. The smallest absolute Gasteiger partial charge is 0.314 e. The molecule has 128 valence electrons. The second kappa shape index (κ2) is 9.13. The van der Waals surface area contributed by atoms with Crippen molar-refractivity contribution in [2.75, 3.05) is 32.9 Å². The summed E-state index contributed by atoms with van der Waals surface area (Å²) < 4.78 is 51.8. The molecule has 1 aliphatic heterocycles. The maximum Gasteiger partial charge on any atom is 0.417 e. The number of nitrogens with one attached hydrogen (secondary N) is 1. The van der Waals surface area contributed by atoms with Crippen LogP contribution in [0, 0.1) is 0 Å². The molecule has 1 heterocycles. The fraction of sp³-hybridized carbons (Fsp3) is 0.538. The summed E-state index contributed by atoms with van der Waals surface area (Å²) in [6.07, 6.45) is -4.53. The average molecular weight is 384 g/mol. The molecular weight excluding hydrogens is 367 g/mol. The number of hydrogen-bond acceptors (Lipinski definition) is 2. The van der Waals surface area contributed by atoms with E-state index in [1.165, 1.54) is 12.1 Å². The van der Waals surface area contributed by atoms with Gasteiger partial charge in [-0.2, -0.15) is 13.2 Å². The van der Waals surface area contributed by atoms with Gasteiger partial charge >= 0.3 is 6.18 Å². The maximum absolute atomic E-state index is 13.3. The highest BCUT2D eigenvalue weighted by Crippen LogP contribution is 2.37. The highest BCUT2D eigenvalue weighted by Gasteiger charge is 2.34. The Bertz CT molecular complexity index is 465. The molecule has 0 amide bonds. The van der Waals surface area contributed by atoms with Gasteiger partial charge in [-0.3, -0.25) is 4.90 Å². The number of halogens is 7. The summed E-state index contributed by atoms with van der Waals surface area (Å²) in [6, 6.07) is 2.94. The van der Waals surface area contributed by atoms with E-state index in [-0.39, 0.29) is 29.8 Å². The van der Waals surface area contributed by atoms with E-state index in [2.05, 4.69) is 5.32 Å². The van der Waals surface area contributed by atoms with Crippen molar-refractivity contribution in [3.8, 4) is 0 Å². The van der Waals surface area contributed by atoms with Crippen molar-refractivity contribution in [1.82, 2.24) is 10.2 Å². The van der Waals surface area contributed by atoms with E-state index in [1.54, 1.807) is 0 Å². The lowest BCUT2D eigenvalue weighted by Crippen LogP contribution is -2.45. The van der Waals surface area contributed by atoms with Crippen LogP contribution in [0.5, 0.6) is 0 Å². The first kappa shape index (κ1) is 21.7. The molecule has 0 saturated carbocycles. The molecule has 22 heavy (non-hydrogen) atoms. The van der Waals surface area contributed by atoms with E-state index in [0.717, 1.165) is 6.07 Å². The molecule has 0 aliphatic carbocycles. The van der Waals surface area contributed by atoms with Crippen LogP contribution in [0.3, 0.4) is 0 Å². The van der Waals surface area contributed by atoms with E-state index in [4.69, 9.17) is 11.6 Å². The third-order valence-corrected chi connectivity index (χ3v) is 3.75. The fourth-order valence-electron chi connectivity index (χ4n) is 2.36. The normalized spacial score (nSPS) is 17.3. The molecule has 1 saturated heterocycles. The molecule has 0 unspecified atom stereocenters. The summed E-state index contributed by atoms with van der Waals surface area (Å²) >= 11 is 5.58. The monoisotopic (exact) mass is 382 g/mol.